The third-order valence-corrected chi connectivity index (χ3v) is 11.3. The van der Waals surface area contributed by atoms with Crippen LogP contribution >= 0.6 is 0 Å². The topological polar surface area (TPSA) is 142 Å². The summed E-state index contributed by atoms with van der Waals surface area (Å²) in [7, 11) is 1.61. The van der Waals surface area contributed by atoms with Gasteiger partial charge in [-0.15, -0.1) is 0 Å². The second-order valence-corrected chi connectivity index (χ2v) is 15.8. The number of ether oxygens (including phenoxy) is 2. The molecule has 0 spiro atoms. The highest BCUT2D eigenvalue weighted by Gasteiger charge is 2.35. The van der Waals surface area contributed by atoms with E-state index >= 15 is 0 Å². The summed E-state index contributed by atoms with van der Waals surface area (Å²) >= 11 is 0. The quantitative estimate of drug-likeness (QED) is 0.115. The molecule has 1 aromatic carbocycles. The molecule has 2 heterocycles. The van der Waals surface area contributed by atoms with E-state index in [2.05, 4.69) is 27.9 Å². The first-order valence-corrected chi connectivity index (χ1v) is 20.5. The average Bonchev–Trinajstić information content (AvgIpc) is 3.19. The predicted octanol–water partition coefficient (Wildman–Crippen LogP) is 5.55. The van der Waals surface area contributed by atoms with Crippen molar-refractivity contribution in [3.8, 4) is 0 Å². The average molecular weight is 750 g/mol. The first-order chi connectivity index (χ1) is 26.2. The molecule has 1 aliphatic carbocycles. The number of methoxy groups -OCH3 is 1. The molecule has 11 nitrogen and oxygen atoms in total. The summed E-state index contributed by atoms with van der Waals surface area (Å²) in [6.45, 7) is 7.88. The third kappa shape index (κ3) is 14.4. The predicted molar refractivity (Wildman–Crippen MR) is 211 cm³/mol. The first-order valence-electron chi connectivity index (χ1n) is 20.5. The fourth-order valence-corrected chi connectivity index (χ4v) is 7.94. The second-order valence-electron chi connectivity index (χ2n) is 15.8. The summed E-state index contributed by atoms with van der Waals surface area (Å²) in [5.41, 5.74) is 1.97. The highest BCUT2D eigenvalue weighted by Crippen LogP contribution is 2.30. The van der Waals surface area contributed by atoms with Crippen molar-refractivity contribution in [2.75, 3.05) is 27.0 Å². The minimum absolute atomic E-state index is 0.0107. The number of benzene rings is 1. The van der Waals surface area contributed by atoms with E-state index in [1.807, 2.05) is 61.2 Å². The molecule has 0 radical (unpaired) electrons. The molecular formula is C43H67N5O6. The summed E-state index contributed by atoms with van der Waals surface area (Å²) in [4.78, 5) is 48.1. The van der Waals surface area contributed by atoms with Crippen LogP contribution in [0.15, 0.2) is 54.9 Å². The summed E-state index contributed by atoms with van der Waals surface area (Å²) in [5.74, 6) is -0.384. The highest BCUT2D eigenvalue weighted by atomic mass is 16.7. The van der Waals surface area contributed by atoms with Gasteiger partial charge in [0.1, 0.15) is 6.79 Å². The number of carbonyl (C=O) groups is 3. The number of nitrogens with zero attached hydrogens (tertiary/aromatic N) is 2. The number of unbranched alkanes of at least 4 members (excludes halogenated alkanes) is 1. The lowest BCUT2D eigenvalue weighted by molar-refractivity contribution is -0.139. The molecule has 1 aliphatic heterocycles. The molecule has 5 atom stereocenters. The van der Waals surface area contributed by atoms with Gasteiger partial charge in [0.15, 0.2) is 0 Å². The number of likely N-dealkylation sites (tertiary alicyclic amines) is 1. The lowest BCUT2D eigenvalue weighted by Gasteiger charge is -2.36. The molecule has 1 aromatic heterocycles. The number of hydrogen-bond acceptors (Lipinski definition) is 8. The summed E-state index contributed by atoms with van der Waals surface area (Å²) in [6, 6.07) is 11.9. The number of amides is 3. The maximum atomic E-state index is 14.4. The number of aromatic nitrogens is 1. The highest BCUT2D eigenvalue weighted by molar-refractivity contribution is 5.86. The standard InChI is InChI=1S/C43H67N5O6/c1-5-6-17-37(46-39(27-33-15-11-8-12-16-33)43(52)48-24-20-35(21-25-48)54-30-53-4)42(51)47-38(26-32-13-9-7-10-14-32)40(49)28-36(31(2)3)41(50)45-29-34-18-22-44-23-19-34/h8,11-12,15-16,18-19,22-23,31-32,35-40,46,49H,5-7,9-10,13-14,17,20-21,24-30H2,1-4H3,(H,45,50)(H,47,51)/t36-,37-,38-,39?,40-/m0/s1. The van der Waals surface area contributed by atoms with Crippen LogP contribution in [0.1, 0.15) is 109 Å². The Labute approximate surface area is 323 Å². The fraction of sp³-hybridized carbons (Fsp3) is 0.674. The van der Waals surface area contributed by atoms with Crippen LogP contribution in [0.25, 0.3) is 0 Å². The van der Waals surface area contributed by atoms with Gasteiger partial charge in [0, 0.05) is 45.1 Å². The lowest BCUT2D eigenvalue weighted by atomic mass is 9.81. The van der Waals surface area contributed by atoms with Crippen molar-refractivity contribution in [2.45, 2.75) is 141 Å². The molecule has 11 heteroatoms. The van der Waals surface area contributed by atoms with E-state index in [0.717, 1.165) is 62.5 Å². The molecule has 1 unspecified atom stereocenters. The van der Waals surface area contributed by atoms with Crippen molar-refractivity contribution in [3.05, 3.63) is 66.0 Å². The van der Waals surface area contributed by atoms with E-state index < -0.39 is 30.1 Å². The van der Waals surface area contributed by atoms with E-state index in [1.165, 1.54) is 6.42 Å². The van der Waals surface area contributed by atoms with Gasteiger partial charge >= 0.3 is 0 Å². The van der Waals surface area contributed by atoms with Crippen LogP contribution in [0.4, 0.5) is 0 Å². The van der Waals surface area contributed by atoms with Gasteiger partial charge < -0.3 is 30.1 Å². The van der Waals surface area contributed by atoms with E-state index in [9.17, 15) is 19.5 Å². The molecule has 3 amide bonds. The van der Waals surface area contributed by atoms with Crippen molar-refractivity contribution in [1.82, 2.24) is 25.8 Å². The zero-order valence-corrected chi connectivity index (χ0v) is 33.2. The number of rotatable bonds is 22. The summed E-state index contributed by atoms with van der Waals surface area (Å²) < 4.78 is 10.9. The van der Waals surface area contributed by atoms with Crippen LogP contribution in [-0.2, 0) is 36.8 Å². The van der Waals surface area contributed by atoms with Crippen LogP contribution in [0.3, 0.4) is 0 Å². The minimum Gasteiger partial charge on any atom is -0.391 e. The molecule has 1 saturated heterocycles. The number of nitrogens with one attached hydrogen (secondary N) is 3. The summed E-state index contributed by atoms with van der Waals surface area (Å²) in [6.07, 6.45) is 13.3. The van der Waals surface area contributed by atoms with Crippen LogP contribution in [-0.4, -0.2) is 90.0 Å². The largest absolute Gasteiger partial charge is 0.391 e. The zero-order chi connectivity index (χ0) is 38.7. The van der Waals surface area contributed by atoms with Gasteiger partial charge in [-0.05, 0) is 73.6 Å². The van der Waals surface area contributed by atoms with Gasteiger partial charge in [-0.25, -0.2) is 0 Å². The number of piperidine rings is 1. The van der Waals surface area contributed by atoms with E-state index in [-0.39, 0.29) is 43.0 Å². The number of carbonyl (C=O) groups excluding carboxylic acids is 3. The lowest BCUT2D eigenvalue weighted by Crippen LogP contribution is -2.58. The number of aliphatic hydroxyl groups excluding tert-OH is 1. The van der Waals surface area contributed by atoms with Crippen LogP contribution in [0.5, 0.6) is 0 Å². The summed E-state index contributed by atoms with van der Waals surface area (Å²) in [5, 5.41) is 21.8. The van der Waals surface area contributed by atoms with E-state index in [1.54, 1.807) is 19.5 Å². The molecule has 54 heavy (non-hydrogen) atoms. The van der Waals surface area contributed by atoms with Crippen molar-refractivity contribution in [1.29, 1.82) is 0 Å². The number of hydrogen-bond donors (Lipinski definition) is 4. The molecule has 4 rings (SSSR count). The molecule has 2 fully saturated rings. The maximum Gasteiger partial charge on any atom is 0.240 e. The molecule has 4 N–H and O–H groups in total. The fourth-order valence-electron chi connectivity index (χ4n) is 7.94. The van der Waals surface area contributed by atoms with Gasteiger partial charge in [-0.3, -0.25) is 24.7 Å². The van der Waals surface area contributed by atoms with Gasteiger partial charge in [0.05, 0.1) is 30.3 Å². The number of pyridine rings is 1. The van der Waals surface area contributed by atoms with E-state index in [4.69, 9.17) is 9.47 Å². The van der Waals surface area contributed by atoms with Crippen molar-refractivity contribution in [3.63, 3.8) is 0 Å². The maximum absolute atomic E-state index is 14.4. The van der Waals surface area contributed by atoms with Gasteiger partial charge in [0.2, 0.25) is 17.7 Å². The Morgan fingerprint density at radius 1 is 0.926 bits per heavy atom. The Balaban J connectivity index is 1.50. The van der Waals surface area contributed by atoms with Crippen molar-refractivity contribution in [2.24, 2.45) is 17.8 Å². The third-order valence-electron chi connectivity index (χ3n) is 11.3. The van der Waals surface area contributed by atoms with Crippen molar-refractivity contribution >= 4 is 17.7 Å². The SMILES string of the molecule is CCCC[C@H](NC(Cc1ccccc1)C(=O)N1CCC(OCOC)CC1)C(=O)N[C@@H](CC1CCCCC1)[C@@H](O)C[C@H](C(=O)NCc1ccncc1)C(C)C. The monoisotopic (exact) mass is 750 g/mol. The van der Waals surface area contributed by atoms with Gasteiger partial charge in [0.25, 0.3) is 0 Å². The van der Waals surface area contributed by atoms with Crippen LogP contribution in [0.2, 0.25) is 0 Å². The van der Waals surface area contributed by atoms with E-state index in [0.29, 0.717) is 44.8 Å². The van der Waals surface area contributed by atoms with Gasteiger partial charge in [-0.2, -0.15) is 0 Å². The van der Waals surface area contributed by atoms with Crippen molar-refractivity contribution < 1.29 is 29.0 Å². The van der Waals surface area contributed by atoms with Crippen LogP contribution < -0.4 is 16.0 Å². The molecule has 1 saturated carbocycles. The Hall–Kier alpha value is -3.38. The molecule has 300 valence electrons. The first kappa shape index (κ1) is 43.3. The Bertz CT molecular complexity index is 1370. The molecule has 0 bridgehead atoms. The second kappa shape index (κ2) is 23.5. The normalized spacial score (nSPS) is 18.4. The minimum atomic E-state index is -0.912. The zero-order valence-electron chi connectivity index (χ0n) is 33.2. The Kier molecular flexibility index (Phi) is 18.9. The molecular weight excluding hydrogens is 683 g/mol. The van der Waals surface area contributed by atoms with Gasteiger partial charge in [-0.1, -0.05) is 96.0 Å². The Morgan fingerprint density at radius 2 is 1.63 bits per heavy atom. The molecule has 2 aromatic rings. The molecule has 2 aliphatic rings. The Morgan fingerprint density at radius 3 is 2.28 bits per heavy atom. The smallest absolute Gasteiger partial charge is 0.240 e. The van der Waals surface area contributed by atoms with Crippen LogP contribution in [0, 0.1) is 17.8 Å². The number of aliphatic hydroxyl groups is 1.